The molecule has 0 atom stereocenters. The highest BCUT2D eigenvalue weighted by Gasteiger charge is 2.23. The summed E-state index contributed by atoms with van der Waals surface area (Å²) in [4.78, 5) is 26.3. The standard InChI is InChI=1S/C26H20N6O2S/c33-23(30-16-15-21(29-30)18-9-3-1-4-10-18)17-35-26-28-27-25-31(19-11-5-2-6-12-19)24(34)20-13-7-8-14-22(20)32(25)26/h1-14H,15-17H2. The topological polar surface area (TPSA) is 84.9 Å². The van der Waals surface area contributed by atoms with Crippen LogP contribution in [0.1, 0.15) is 12.0 Å². The average molecular weight is 481 g/mol. The molecule has 0 unspecified atom stereocenters. The molecule has 0 aliphatic carbocycles. The van der Waals surface area contributed by atoms with Crippen molar-refractivity contribution in [2.75, 3.05) is 12.3 Å². The normalized spacial score (nSPS) is 13.5. The number of hydrogen-bond donors (Lipinski definition) is 0. The van der Waals surface area contributed by atoms with Crippen molar-refractivity contribution >= 4 is 40.1 Å². The molecule has 0 bridgehead atoms. The lowest BCUT2D eigenvalue weighted by Crippen LogP contribution is -2.25. The number of rotatable bonds is 5. The number of carbonyl (C=O) groups is 1. The molecule has 6 rings (SSSR count). The van der Waals surface area contributed by atoms with Gasteiger partial charge in [-0.3, -0.25) is 14.0 Å². The minimum absolute atomic E-state index is 0.0987. The van der Waals surface area contributed by atoms with Crippen LogP contribution in [0.2, 0.25) is 0 Å². The summed E-state index contributed by atoms with van der Waals surface area (Å²) in [6, 6.07) is 26.6. The number of amides is 1. The summed E-state index contributed by atoms with van der Waals surface area (Å²) < 4.78 is 3.39. The van der Waals surface area contributed by atoms with Crippen LogP contribution in [0.3, 0.4) is 0 Å². The second-order valence-electron chi connectivity index (χ2n) is 8.08. The van der Waals surface area contributed by atoms with Gasteiger partial charge in [0.1, 0.15) is 0 Å². The van der Waals surface area contributed by atoms with Crippen molar-refractivity contribution in [2.45, 2.75) is 11.6 Å². The van der Waals surface area contributed by atoms with E-state index in [-0.39, 0.29) is 17.2 Å². The van der Waals surface area contributed by atoms with Gasteiger partial charge >= 0.3 is 0 Å². The van der Waals surface area contributed by atoms with Crippen LogP contribution in [-0.2, 0) is 4.79 Å². The zero-order valence-electron chi connectivity index (χ0n) is 18.6. The van der Waals surface area contributed by atoms with Gasteiger partial charge in [0.05, 0.1) is 34.6 Å². The third-order valence-corrected chi connectivity index (χ3v) is 6.84. The van der Waals surface area contributed by atoms with E-state index in [1.54, 1.807) is 10.6 Å². The Bertz CT molecular complexity index is 1640. The first-order valence-corrected chi connectivity index (χ1v) is 12.2. The molecule has 9 heteroatoms. The van der Waals surface area contributed by atoms with E-state index in [0.29, 0.717) is 34.1 Å². The number of thioether (sulfide) groups is 1. The van der Waals surface area contributed by atoms with Gasteiger partial charge in [-0.15, -0.1) is 10.2 Å². The predicted octanol–water partition coefficient (Wildman–Crippen LogP) is 3.76. The Morgan fingerprint density at radius 1 is 0.886 bits per heavy atom. The zero-order chi connectivity index (χ0) is 23.8. The lowest BCUT2D eigenvalue weighted by atomic mass is 10.1. The second kappa shape index (κ2) is 8.84. The maximum atomic E-state index is 13.3. The number of nitrogens with zero attached hydrogens (tertiary/aromatic N) is 6. The highest BCUT2D eigenvalue weighted by molar-refractivity contribution is 7.99. The van der Waals surface area contributed by atoms with Crippen LogP contribution in [-0.4, -0.2) is 48.1 Å². The SMILES string of the molecule is O=C(CSc1nnc2n(-c3ccccc3)c(=O)c3ccccc3n12)N1CCC(c2ccccc2)=N1. The van der Waals surface area contributed by atoms with E-state index in [1.807, 2.05) is 83.3 Å². The summed E-state index contributed by atoms with van der Waals surface area (Å²) in [5.41, 5.74) is 3.18. The summed E-state index contributed by atoms with van der Waals surface area (Å²) in [6.07, 6.45) is 0.724. The van der Waals surface area contributed by atoms with Crippen LogP contribution >= 0.6 is 11.8 Å². The van der Waals surface area contributed by atoms with Crippen molar-refractivity contribution in [3.05, 3.63) is 101 Å². The maximum Gasteiger partial charge on any atom is 0.267 e. The van der Waals surface area contributed by atoms with E-state index in [4.69, 9.17) is 0 Å². The molecule has 0 N–H and O–H groups in total. The molecule has 1 aliphatic rings. The van der Waals surface area contributed by atoms with Crippen molar-refractivity contribution in [2.24, 2.45) is 5.10 Å². The smallest absolute Gasteiger partial charge is 0.267 e. The van der Waals surface area contributed by atoms with Gasteiger partial charge in [0, 0.05) is 6.42 Å². The van der Waals surface area contributed by atoms with Gasteiger partial charge in [-0.1, -0.05) is 72.4 Å². The Kier molecular flexibility index (Phi) is 5.38. The first-order valence-electron chi connectivity index (χ1n) is 11.2. The van der Waals surface area contributed by atoms with Gasteiger partial charge in [0.2, 0.25) is 5.78 Å². The van der Waals surface area contributed by atoms with E-state index in [1.165, 1.54) is 16.8 Å². The minimum Gasteiger partial charge on any atom is -0.272 e. The Balaban J connectivity index is 1.34. The predicted molar refractivity (Wildman–Crippen MR) is 136 cm³/mol. The molecule has 0 spiro atoms. The number of benzene rings is 3. The summed E-state index contributed by atoms with van der Waals surface area (Å²) in [6.45, 7) is 0.556. The van der Waals surface area contributed by atoms with Gasteiger partial charge in [0.25, 0.3) is 11.5 Å². The lowest BCUT2D eigenvalue weighted by molar-refractivity contribution is -0.127. The molecule has 3 heterocycles. The molecule has 0 saturated carbocycles. The number of aromatic nitrogens is 4. The van der Waals surface area contributed by atoms with Gasteiger partial charge in [-0.05, 0) is 29.8 Å². The van der Waals surface area contributed by atoms with Crippen LogP contribution in [0, 0.1) is 0 Å². The Morgan fingerprint density at radius 3 is 2.40 bits per heavy atom. The third kappa shape index (κ3) is 3.79. The van der Waals surface area contributed by atoms with Crippen molar-refractivity contribution < 1.29 is 4.79 Å². The van der Waals surface area contributed by atoms with E-state index >= 15 is 0 Å². The fourth-order valence-corrected chi connectivity index (χ4v) is 5.06. The molecule has 1 aliphatic heterocycles. The van der Waals surface area contributed by atoms with E-state index < -0.39 is 0 Å². The average Bonchev–Trinajstić information content (AvgIpc) is 3.57. The fraction of sp³-hybridized carbons (Fsp3) is 0.115. The first-order chi connectivity index (χ1) is 17.2. The van der Waals surface area contributed by atoms with Crippen LogP contribution < -0.4 is 5.56 Å². The number of fused-ring (bicyclic) bond motifs is 3. The van der Waals surface area contributed by atoms with E-state index in [9.17, 15) is 9.59 Å². The van der Waals surface area contributed by atoms with Crippen molar-refractivity contribution in [3.8, 4) is 5.69 Å². The lowest BCUT2D eigenvalue weighted by Gasteiger charge is -2.12. The molecule has 0 fully saturated rings. The van der Waals surface area contributed by atoms with Crippen LogP contribution in [0.5, 0.6) is 0 Å². The highest BCUT2D eigenvalue weighted by atomic mass is 32.2. The Labute approximate surface area is 204 Å². The van der Waals surface area contributed by atoms with Gasteiger partial charge in [-0.25, -0.2) is 9.58 Å². The molecule has 172 valence electrons. The number of carbonyl (C=O) groups excluding carboxylic acids is 1. The summed E-state index contributed by atoms with van der Waals surface area (Å²) in [5, 5.41) is 15.8. The Morgan fingerprint density at radius 2 is 1.60 bits per heavy atom. The summed E-state index contributed by atoms with van der Waals surface area (Å²) in [5.74, 6) is 0.462. The molecular weight excluding hydrogens is 460 g/mol. The quantitative estimate of drug-likeness (QED) is 0.358. The van der Waals surface area contributed by atoms with Crippen molar-refractivity contribution in [1.82, 2.24) is 24.2 Å². The second-order valence-corrected chi connectivity index (χ2v) is 9.02. The molecule has 2 aromatic heterocycles. The molecule has 0 saturated heterocycles. The zero-order valence-corrected chi connectivity index (χ0v) is 19.4. The molecule has 3 aromatic carbocycles. The molecular formula is C26H20N6O2S. The van der Waals surface area contributed by atoms with Gasteiger partial charge in [0.15, 0.2) is 5.16 Å². The molecule has 35 heavy (non-hydrogen) atoms. The van der Waals surface area contributed by atoms with Crippen LogP contribution in [0.4, 0.5) is 0 Å². The number of hydrazone groups is 1. The highest BCUT2D eigenvalue weighted by Crippen LogP contribution is 2.24. The molecule has 8 nitrogen and oxygen atoms in total. The minimum atomic E-state index is -0.167. The van der Waals surface area contributed by atoms with E-state index in [2.05, 4.69) is 15.3 Å². The van der Waals surface area contributed by atoms with Crippen molar-refractivity contribution in [1.29, 1.82) is 0 Å². The van der Waals surface area contributed by atoms with Crippen LogP contribution in [0.15, 0.2) is 100.0 Å². The van der Waals surface area contributed by atoms with Crippen LogP contribution in [0.25, 0.3) is 22.4 Å². The van der Waals surface area contributed by atoms with Gasteiger partial charge in [-0.2, -0.15) is 5.10 Å². The number of para-hydroxylation sites is 2. The maximum absolute atomic E-state index is 13.3. The largest absolute Gasteiger partial charge is 0.272 e. The third-order valence-electron chi connectivity index (χ3n) is 5.93. The summed E-state index contributed by atoms with van der Waals surface area (Å²) in [7, 11) is 0. The van der Waals surface area contributed by atoms with E-state index in [0.717, 1.165) is 17.7 Å². The molecule has 0 radical (unpaired) electrons. The monoisotopic (exact) mass is 480 g/mol. The molecule has 5 aromatic rings. The summed E-state index contributed by atoms with van der Waals surface area (Å²) >= 11 is 1.29. The van der Waals surface area contributed by atoms with Gasteiger partial charge < -0.3 is 0 Å². The molecule has 1 amide bonds. The first kappa shape index (κ1) is 21.3. The number of hydrogen-bond acceptors (Lipinski definition) is 6. The van der Waals surface area contributed by atoms with Crippen molar-refractivity contribution in [3.63, 3.8) is 0 Å². The Hall–Kier alpha value is -4.24. The fourth-order valence-electron chi connectivity index (χ4n) is 4.25.